The third kappa shape index (κ3) is 4.97. The maximum Gasteiger partial charge on any atom is 0.270 e. The summed E-state index contributed by atoms with van der Waals surface area (Å²) in [6, 6.07) is 22.8. The fraction of sp³-hybridized carbons (Fsp3) is 0.0455. The van der Waals surface area contributed by atoms with Crippen LogP contribution in [0.15, 0.2) is 72.8 Å². The molecule has 0 radical (unpaired) electrons. The first-order chi connectivity index (χ1) is 13.5. The van der Waals surface area contributed by atoms with Gasteiger partial charge in [0.05, 0.1) is 16.6 Å². The van der Waals surface area contributed by atoms with Crippen LogP contribution in [0.4, 0.5) is 5.69 Å². The van der Waals surface area contributed by atoms with Crippen LogP contribution in [0.3, 0.4) is 0 Å². The van der Waals surface area contributed by atoms with Crippen molar-refractivity contribution in [2.75, 3.05) is 0 Å². The molecule has 6 heteroatoms. The first-order valence-corrected chi connectivity index (χ1v) is 8.77. The number of nitro groups is 1. The summed E-state index contributed by atoms with van der Waals surface area (Å²) in [6.07, 6.45) is 1.68. The highest BCUT2D eigenvalue weighted by Crippen LogP contribution is 2.23. The number of benzene rings is 3. The number of hydrogen-bond acceptors (Lipinski definition) is 4. The average Bonchev–Trinajstić information content (AvgIpc) is 2.72. The van der Waals surface area contributed by atoms with Crippen molar-refractivity contribution in [3.63, 3.8) is 0 Å². The van der Waals surface area contributed by atoms with E-state index in [4.69, 9.17) is 16.3 Å². The SMILES string of the molecule is N#CC(=Cc1ccc(OCc2ccc(Cl)cc2)cc1)c1cccc([N+](=O)[O-])c1. The zero-order chi connectivity index (χ0) is 19.9. The fourth-order valence-electron chi connectivity index (χ4n) is 2.54. The van der Waals surface area contributed by atoms with Crippen LogP contribution in [0, 0.1) is 21.4 Å². The van der Waals surface area contributed by atoms with Gasteiger partial charge in [0.15, 0.2) is 0 Å². The second kappa shape index (κ2) is 8.85. The Morgan fingerprint density at radius 1 is 1.11 bits per heavy atom. The van der Waals surface area contributed by atoms with Crippen LogP contribution in [0.1, 0.15) is 16.7 Å². The number of nitriles is 1. The molecule has 0 fully saturated rings. The van der Waals surface area contributed by atoms with Gasteiger partial charge in [-0.3, -0.25) is 10.1 Å². The molecule has 0 saturated carbocycles. The van der Waals surface area contributed by atoms with Crippen molar-refractivity contribution in [3.8, 4) is 11.8 Å². The van der Waals surface area contributed by atoms with Gasteiger partial charge in [0, 0.05) is 17.2 Å². The highest BCUT2D eigenvalue weighted by atomic mass is 35.5. The van der Waals surface area contributed by atoms with Crippen LogP contribution in [-0.4, -0.2) is 4.92 Å². The third-order valence-electron chi connectivity index (χ3n) is 4.00. The second-order valence-electron chi connectivity index (χ2n) is 5.96. The summed E-state index contributed by atoms with van der Waals surface area (Å²) in [4.78, 5) is 10.4. The summed E-state index contributed by atoms with van der Waals surface area (Å²) in [5.74, 6) is 0.695. The molecule has 28 heavy (non-hydrogen) atoms. The van der Waals surface area contributed by atoms with E-state index in [-0.39, 0.29) is 5.69 Å². The molecule has 0 atom stereocenters. The van der Waals surface area contributed by atoms with E-state index >= 15 is 0 Å². The lowest BCUT2D eigenvalue weighted by Gasteiger charge is -2.07. The van der Waals surface area contributed by atoms with Crippen LogP contribution in [-0.2, 0) is 6.61 Å². The smallest absolute Gasteiger partial charge is 0.270 e. The van der Waals surface area contributed by atoms with Crippen LogP contribution in [0.25, 0.3) is 11.6 Å². The summed E-state index contributed by atoms with van der Waals surface area (Å²) in [7, 11) is 0. The lowest BCUT2D eigenvalue weighted by atomic mass is 10.0. The first kappa shape index (κ1) is 19.2. The summed E-state index contributed by atoms with van der Waals surface area (Å²) >= 11 is 5.87. The zero-order valence-electron chi connectivity index (χ0n) is 14.7. The highest BCUT2D eigenvalue weighted by molar-refractivity contribution is 6.30. The Morgan fingerprint density at radius 3 is 2.46 bits per heavy atom. The van der Waals surface area contributed by atoms with E-state index in [0.717, 1.165) is 11.1 Å². The summed E-state index contributed by atoms with van der Waals surface area (Å²) in [6.45, 7) is 0.420. The molecule has 0 aromatic heterocycles. The number of hydrogen-bond donors (Lipinski definition) is 0. The van der Waals surface area contributed by atoms with Crippen LogP contribution < -0.4 is 4.74 Å². The zero-order valence-corrected chi connectivity index (χ0v) is 15.5. The molecule has 0 saturated heterocycles. The number of allylic oxidation sites excluding steroid dienone is 1. The van der Waals surface area contributed by atoms with Crippen LogP contribution in [0.5, 0.6) is 5.75 Å². The Kier molecular flexibility index (Phi) is 6.05. The lowest BCUT2D eigenvalue weighted by molar-refractivity contribution is -0.384. The van der Waals surface area contributed by atoms with Crippen molar-refractivity contribution in [1.29, 1.82) is 5.26 Å². The number of ether oxygens (including phenoxy) is 1. The van der Waals surface area contributed by atoms with Gasteiger partial charge in [-0.05, 0) is 47.0 Å². The Balaban J connectivity index is 1.73. The van der Waals surface area contributed by atoms with Crippen molar-refractivity contribution >= 4 is 28.9 Å². The van der Waals surface area contributed by atoms with E-state index in [0.29, 0.717) is 28.5 Å². The van der Waals surface area contributed by atoms with Gasteiger partial charge in [0.2, 0.25) is 0 Å². The molecule has 0 spiro atoms. The topological polar surface area (TPSA) is 76.2 Å². The molecule has 0 N–H and O–H groups in total. The number of non-ortho nitro benzene ring substituents is 1. The minimum absolute atomic E-state index is 0.0513. The average molecular weight is 391 g/mol. The first-order valence-electron chi connectivity index (χ1n) is 8.39. The molecule has 0 aliphatic heterocycles. The fourth-order valence-corrected chi connectivity index (χ4v) is 2.67. The van der Waals surface area contributed by atoms with Crippen LogP contribution >= 0.6 is 11.6 Å². The summed E-state index contributed by atoms with van der Waals surface area (Å²) in [5, 5.41) is 21.0. The summed E-state index contributed by atoms with van der Waals surface area (Å²) in [5.41, 5.74) is 2.59. The minimum Gasteiger partial charge on any atom is -0.489 e. The largest absolute Gasteiger partial charge is 0.489 e. The molecule has 3 aromatic carbocycles. The predicted molar refractivity (Wildman–Crippen MR) is 109 cm³/mol. The quantitative estimate of drug-likeness (QED) is 0.227. The molecule has 5 nitrogen and oxygen atoms in total. The molecular formula is C22H15ClN2O3. The van der Waals surface area contributed by atoms with E-state index in [1.807, 2.05) is 48.5 Å². The highest BCUT2D eigenvalue weighted by Gasteiger charge is 2.09. The van der Waals surface area contributed by atoms with E-state index in [2.05, 4.69) is 6.07 Å². The third-order valence-corrected chi connectivity index (χ3v) is 4.25. The van der Waals surface area contributed by atoms with E-state index in [1.54, 1.807) is 18.2 Å². The van der Waals surface area contributed by atoms with Crippen molar-refractivity contribution < 1.29 is 9.66 Å². The Labute approximate surface area is 167 Å². The molecule has 0 unspecified atom stereocenters. The molecule has 0 aliphatic carbocycles. The van der Waals surface area contributed by atoms with Gasteiger partial charge in [-0.2, -0.15) is 5.26 Å². The molecule has 3 aromatic rings. The van der Waals surface area contributed by atoms with Crippen LogP contribution in [0.2, 0.25) is 5.02 Å². The van der Waals surface area contributed by atoms with Gasteiger partial charge >= 0.3 is 0 Å². The standard InChI is InChI=1S/C22H15ClN2O3/c23-20-8-4-17(5-9-20)15-28-22-10-6-16(7-11-22)12-19(14-24)18-2-1-3-21(13-18)25(26)27/h1-13H,15H2. The van der Waals surface area contributed by atoms with E-state index in [1.165, 1.54) is 12.1 Å². The predicted octanol–water partition coefficient (Wildman–Crippen LogP) is 5.89. The molecule has 0 bridgehead atoms. The molecule has 0 heterocycles. The van der Waals surface area contributed by atoms with Gasteiger partial charge in [0.1, 0.15) is 12.4 Å². The van der Waals surface area contributed by atoms with Gasteiger partial charge < -0.3 is 4.74 Å². The van der Waals surface area contributed by atoms with Gasteiger partial charge in [-0.1, -0.05) is 48.0 Å². The molecule has 0 amide bonds. The Bertz CT molecular complexity index is 1050. The van der Waals surface area contributed by atoms with Crippen molar-refractivity contribution in [3.05, 3.63) is 105 Å². The monoisotopic (exact) mass is 390 g/mol. The number of rotatable bonds is 6. The van der Waals surface area contributed by atoms with Crippen molar-refractivity contribution in [2.45, 2.75) is 6.61 Å². The normalized spacial score (nSPS) is 10.9. The van der Waals surface area contributed by atoms with E-state index < -0.39 is 4.92 Å². The molecule has 138 valence electrons. The number of halogens is 1. The van der Waals surface area contributed by atoms with Crippen molar-refractivity contribution in [1.82, 2.24) is 0 Å². The van der Waals surface area contributed by atoms with Gasteiger partial charge in [-0.15, -0.1) is 0 Å². The maximum atomic E-state index is 10.9. The Morgan fingerprint density at radius 2 is 1.82 bits per heavy atom. The maximum absolute atomic E-state index is 10.9. The summed E-state index contributed by atoms with van der Waals surface area (Å²) < 4.78 is 5.74. The minimum atomic E-state index is -0.481. The number of nitro benzene ring substituents is 1. The number of nitrogens with zero attached hydrogens (tertiary/aromatic N) is 2. The van der Waals surface area contributed by atoms with E-state index in [9.17, 15) is 15.4 Å². The molecular weight excluding hydrogens is 376 g/mol. The second-order valence-corrected chi connectivity index (χ2v) is 6.40. The van der Waals surface area contributed by atoms with Gasteiger partial charge in [-0.25, -0.2) is 0 Å². The van der Waals surface area contributed by atoms with Crippen molar-refractivity contribution in [2.24, 2.45) is 0 Å². The lowest BCUT2D eigenvalue weighted by Crippen LogP contribution is -1.94. The molecule has 0 aliphatic rings. The molecule has 3 rings (SSSR count). The Hall–Kier alpha value is -3.62. The van der Waals surface area contributed by atoms with Gasteiger partial charge in [0.25, 0.3) is 5.69 Å².